The van der Waals surface area contributed by atoms with Crippen LogP contribution in [0.4, 0.5) is 0 Å². The molecule has 1 saturated heterocycles. The highest BCUT2D eigenvalue weighted by Gasteiger charge is 2.42. The van der Waals surface area contributed by atoms with Crippen LogP contribution in [0, 0.1) is 0 Å². The molecule has 3 heteroatoms. The Morgan fingerprint density at radius 2 is 1.31 bits per heavy atom. The van der Waals surface area contributed by atoms with Crippen molar-refractivity contribution in [3.05, 3.63) is 0 Å². The Hall–Kier alpha value is 0.137. The van der Waals surface area contributed by atoms with E-state index in [-0.39, 0.29) is 0 Å². The first-order valence-electron chi connectivity index (χ1n) is 5.55. The second kappa shape index (κ2) is 4.58. The van der Waals surface area contributed by atoms with Crippen molar-refractivity contribution >= 4 is 8.40 Å². The average molecular weight is 200 g/mol. The molecule has 0 spiro atoms. The summed E-state index contributed by atoms with van der Waals surface area (Å²) < 4.78 is 0. The summed E-state index contributed by atoms with van der Waals surface area (Å²) in [6.45, 7) is 4.84. The maximum atomic E-state index is 3.63. The van der Waals surface area contributed by atoms with Gasteiger partial charge in [-0.25, -0.2) is 0 Å². The van der Waals surface area contributed by atoms with Crippen LogP contribution in [0.1, 0.15) is 39.5 Å². The summed E-state index contributed by atoms with van der Waals surface area (Å²) in [5, 5.41) is 0. The Morgan fingerprint density at radius 3 is 1.62 bits per heavy atom. The second-order valence-electron chi connectivity index (χ2n) is 4.46. The van der Waals surface area contributed by atoms with E-state index in [0.29, 0.717) is 0 Å². The van der Waals surface area contributed by atoms with Crippen molar-refractivity contribution < 1.29 is 0 Å². The fourth-order valence-corrected chi connectivity index (χ4v) is 7.46. The molecule has 0 aromatic heterocycles. The van der Waals surface area contributed by atoms with Gasteiger partial charge < -0.3 is 9.96 Å². The summed E-state index contributed by atoms with van der Waals surface area (Å²) in [5.41, 5.74) is 1.72. The molecule has 1 fully saturated rings. The van der Waals surface area contributed by atoms with Gasteiger partial charge in [0.25, 0.3) is 0 Å². The van der Waals surface area contributed by atoms with Gasteiger partial charge in [0.15, 0.2) is 0 Å². The molecule has 1 heterocycles. The molecule has 1 aliphatic heterocycles. The van der Waals surface area contributed by atoms with Crippen LogP contribution in [0.5, 0.6) is 0 Å². The lowest BCUT2D eigenvalue weighted by Gasteiger charge is -2.39. The molecule has 1 rings (SSSR count). The fourth-order valence-electron chi connectivity index (χ4n) is 2.95. The predicted molar refractivity (Wildman–Crippen MR) is 61.2 cm³/mol. The first-order valence-corrected chi connectivity index (χ1v) is 7.70. The topological polar surface area (TPSA) is 24.1 Å². The van der Waals surface area contributed by atoms with Gasteiger partial charge in [0.05, 0.1) is 0 Å². The van der Waals surface area contributed by atoms with Crippen molar-refractivity contribution in [2.75, 3.05) is 14.1 Å². The van der Waals surface area contributed by atoms with Crippen LogP contribution in [-0.2, 0) is 0 Å². The predicted octanol–water partition coefficient (Wildman–Crippen LogP) is 2.22. The monoisotopic (exact) mass is 200 g/mol. The van der Waals surface area contributed by atoms with Crippen molar-refractivity contribution in [2.45, 2.75) is 50.6 Å². The highest BCUT2D eigenvalue weighted by Crippen LogP contribution is 2.38. The fraction of sp³-hybridized carbons (Fsp3) is 1.00. The lowest BCUT2D eigenvalue weighted by molar-refractivity contribution is 0.656. The smallest absolute Gasteiger partial charge is 0.206 e. The van der Waals surface area contributed by atoms with Gasteiger partial charge in [0.1, 0.15) is 0 Å². The largest absolute Gasteiger partial charge is 0.328 e. The third-order valence-corrected chi connectivity index (χ3v) is 9.25. The Balaban J connectivity index is 2.82. The van der Waals surface area contributed by atoms with Crippen molar-refractivity contribution in [1.29, 1.82) is 0 Å². The van der Waals surface area contributed by atoms with E-state index in [1.54, 1.807) is 0 Å². The van der Waals surface area contributed by atoms with Crippen molar-refractivity contribution in [2.24, 2.45) is 0 Å². The van der Waals surface area contributed by atoms with Crippen LogP contribution in [0.15, 0.2) is 0 Å². The third-order valence-electron chi connectivity index (χ3n) is 3.91. The molecular weight excluding hydrogens is 176 g/mol. The number of hydrogen-bond acceptors (Lipinski definition) is 2. The standard InChI is InChI=1S/C10H24N2Si/c1-9-7-5-6-8-10(2)13(9,11-3)12-4/h9-12H,5-8H2,1-4H3. The lowest BCUT2D eigenvalue weighted by Crippen LogP contribution is -2.64. The number of hydrogen-bond donors (Lipinski definition) is 2. The van der Waals surface area contributed by atoms with Crippen LogP contribution in [0.3, 0.4) is 0 Å². The quantitative estimate of drug-likeness (QED) is 0.668. The molecule has 0 aromatic rings. The summed E-state index contributed by atoms with van der Waals surface area (Å²) >= 11 is 0. The van der Waals surface area contributed by atoms with E-state index in [9.17, 15) is 0 Å². The Bertz CT molecular complexity index is 143. The number of nitrogens with one attached hydrogen (secondary N) is 2. The van der Waals surface area contributed by atoms with Crippen molar-refractivity contribution in [3.8, 4) is 0 Å². The minimum absolute atomic E-state index is 0.861. The van der Waals surface area contributed by atoms with Gasteiger partial charge in [-0.3, -0.25) is 0 Å². The molecular formula is C10H24N2Si. The molecule has 2 nitrogen and oxygen atoms in total. The zero-order chi connectivity index (χ0) is 9.90. The van der Waals surface area contributed by atoms with E-state index in [1.807, 2.05) is 0 Å². The Kier molecular flexibility index (Phi) is 3.95. The third kappa shape index (κ3) is 1.97. The first kappa shape index (κ1) is 11.2. The maximum Gasteiger partial charge on any atom is 0.206 e. The SMILES string of the molecule is CN[Si]1(NC)C(C)CCCCC1C. The van der Waals surface area contributed by atoms with E-state index in [4.69, 9.17) is 0 Å². The molecule has 0 bridgehead atoms. The molecule has 0 aromatic carbocycles. The molecule has 2 N–H and O–H groups in total. The van der Waals surface area contributed by atoms with E-state index >= 15 is 0 Å². The summed E-state index contributed by atoms with van der Waals surface area (Å²) in [5.74, 6) is 0. The molecule has 1 aliphatic rings. The van der Waals surface area contributed by atoms with Gasteiger partial charge in [-0.15, -0.1) is 0 Å². The van der Waals surface area contributed by atoms with E-state index in [2.05, 4.69) is 37.9 Å². The van der Waals surface area contributed by atoms with Gasteiger partial charge in [-0.2, -0.15) is 0 Å². The summed E-state index contributed by atoms with van der Waals surface area (Å²) in [6.07, 6.45) is 5.64. The van der Waals surface area contributed by atoms with Gasteiger partial charge in [-0.05, 0) is 25.2 Å². The van der Waals surface area contributed by atoms with Gasteiger partial charge >= 0.3 is 0 Å². The molecule has 0 aliphatic carbocycles. The zero-order valence-corrected chi connectivity index (χ0v) is 10.5. The van der Waals surface area contributed by atoms with E-state index in [1.165, 1.54) is 25.7 Å². The Labute approximate surface area is 83.7 Å². The highest BCUT2D eigenvalue weighted by atomic mass is 28.3. The van der Waals surface area contributed by atoms with Crippen LogP contribution < -0.4 is 9.96 Å². The molecule has 0 amide bonds. The molecule has 13 heavy (non-hydrogen) atoms. The molecule has 2 atom stereocenters. The van der Waals surface area contributed by atoms with Gasteiger partial charge in [0.2, 0.25) is 8.40 Å². The molecule has 78 valence electrons. The van der Waals surface area contributed by atoms with Crippen LogP contribution in [-0.4, -0.2) is 22.5 Å². The second-order valence-corrected chi connectivity index (χ2v) is 9.16. The lowest BCUT2D eigenvalue weighted by atomic mass is 10.1. The average Bonchev–Trinajstić information content (AvgIpc) is 2.27. The van der Waals surface area contributed by atoms with Crippen molar-refractivity contribution in [1.82, 2.24) is 9.96 Å². The normalized spacial score (nSPS) is 34.2. The van der Waals surface area contributed by atoms with Crippen molar-refractivity contribution in [3.63, 3.8) is 0 Å². The van der Waals surface area contributed by atoms with Crippen LogP contribution in [0.25, 0.3) is 0 Å². The van der Waals surface area contributed by atoms with Gasteiger partial charge in [-0.1, -0.05) is 39.5 Å². The zero-order valence-electron chi connectivity index (χ0n) is 9.48. The Morgan fingerprint density at radius 1 is 0.923 bits per heavy atom. The maximum absolute atomic E-state index is 3.63. The summed E-state index contributed by atoms with van der Waals surface area (Å²) in [4.78, 5) is 7.27. The first-order chi connectivity index (χ1) is 6.17. The summed E-state index contributed by atoms with van der Waals surface area (Å²) in [7, 11) is 2.89. The van der Waals surface area contributed by atoms with Crippen LogP contribution >= 0.6 is 0 Å². The summed E-state index contributed by atoms with van der Waals surface area (Å²) in [6, 6.07) is 0. The molecule has 0 saturated carbocycles. The molecule has 2 unspecified atom stereocenters. The van der Waals surface area contributed by atoms with Crippen LogP contribution in [0.2, 0.25) is 11.1 Å². The minimum Gasteiger partial charge on any atom is -0.328 e. The van der Waals surface area contributed by atoms with E-state index in [0.717, 1.165) is 11.1 Å². The molecule has 0 radical (unpaired) electrons. The minimum atomic E-state index is -1.39. The highest BCUT2D eigenvalue weighted by molar-refractivity contribution is 6.77. The van der Waals surface area contributed by atoms with E-state index < -0.39 is 8.40 Å². The number of rotatable bonds is 2. The van der Waals surface area contributed by atoms with Gasteiger partial charge in [0, 0.05) is 0 Å².